The van der Waals surface area contributed by atoms with E-state index in [0.29, 0.717) is 0 Å². The summed E-state index contributed by atoms with van der Waals surface area (Å²) in [7, 11) is 1.79. The molecule has 0 unspecified atom stereocenters. The van der Waals surface area contributed by atoms with Gasteiger partial charge >= 0.3 is 0 Å². The maximum atomic E-state index is 12.7. The van der Waals surface area contributed by atoms with Crippen molar-refractivity contribution in [3.63, 3.8) is 0 Å². The van der Waals surface area contributed by atoms with Crippen molar-refractivity contribution >= 4 is 17.6 Å². The summed E-state index contributed by atoms with van der Waals surface area (Å²) in [4.78, 5) is 23.7. The minimum absolute atomic E-state index is 0.0961. The van der Waals surface area contributed by atoms with Crippen molar-refractivity contribution in [1.29, 1.82) is 0 Å². The van der Waals surface area contributed by atoms with E-state index in [1.54, 1.807) is 7.05 Å². The normalized spacial score (nSPS) is 17.3. The summed E-state index contributed by atoms with van der Waals surface area (Å²) in [6.07, 6.45) is 0.931. The Labute approximate surface area is 172 Å². The second-order valence-electron chi connectivity index (χ2n) is 7.57. The number of benzene rings is 2. The number of piperazine rings is 1. The maximum absolute atomic E-state index is 12.7. The van der Waals surface area contributed by atoms with Crippen LogP contribution in [0.5, 0.6) is 0 Å². The molecule has 0 aromatic heterocycles. The number of amides is 1. The van der Waals surface area contributed by atoms with Gasteiger partial charge in [0.25, 0.3) is 0 Å². The van der Waals surface area contributed by atoms with Gasteiger partial charge in [0.15, 0.2) is 5.96 Å². The van der Waals surface area contributed by atoms with Crippen molar-refractivity contribution in [3.8, 4) is 0 Å². The molecule has 6 nitrogen and oxygen atoms in total. The number of hydrogen-bond acceptors (Lipinski definition) is 3. The van der Waals surface area contributed by atoms with Crippen LogP contribution < -0.4 is 10.2 Å². The first-order chi connectivity index (χ1) is 14.2. The molecule has 0 atom stereocenters. The third kappa shape index (κ3) is 4.59. The number of nitrogens with zero attached hydrogens (tertiary/aromatic N) is 4. The molecule has 152 valence electrons. The number of hydrogen-bond donors (Lipinski definition) is 1. The predicted molar refractivity (Wildman–Crippen MR) is 117 cm³/mol. The van der Waals surface area contributed by atoms with Crippen LogP contribution in [0.25, 0.3) is 0 Å². The number of para-hydroxylation sites is 1. The van der Waals surface area contributed by atoms with E-state index in [-0.39, 0.29) is 12.5 Å². The minimum atomic E-state index is 0.0961. The number of carbonyl (C=O) groups excluding carboxylic acids is 1. The molecule has 0 radical (unpaired) electrons. The molecular formula is C23H29N5O. The topological polar surface area (TPSA) is 51.2 Å². The molecule has 1 fully saturated rings. The molecule has 0 saturated carbocycles. The summed E-state index contributed by atoms with van der Waals surface area (Å²) in [6.45, 7) is 5.81. The van der Waals surface area contributed by atoms with Crippen molar-refractivity contribution < 1.29 is 4.79 Å². The second-order valence-corrected chi connectivity index (χ2v) is 7.57. The first kappa shape index (κ1) is 19.5. The number of aliphatic imine (C=N–C) groups is 1. The number of anilines is 1. The zero-order valence-electron chi connectivity index (χ0n) is 17.1. The van der Waals surface area contributed by atoms with Crippen molar-refractivity contribution in [2.24, 2.45) is 4.99 Å². The van der Waals surface area contributed by atoms with Crippen LogP contribution in [0, 0.1) is 0 Å². The fraction of sp³-hybridized carbons (Fsp3) is 0.391. The van der Waals surface area contributed by atoms with E-state index in [1.807, 2.05) is 23.1 Å². The second kappa shape index (κ2) is 9.09. The monoisotopic (exact) mass is 391 g/mol. The van der Waals surface area contributed by atoms with Gasteiger partial charge in [0.05, 0.1) is 6.54 Å². The van der Waals surface area contributed by atoms with Gasteiger partial charge in [-0.15, -0.1) is 0 Å². The third-order valence-electron chi connectivity index (χ3n) is 5.72. The van der Waals surface area contributed by atoms with Gasteiger partial charge in [-0.25, -0.2) is 0 Å². The van der Waals surface area contributed by atoms with E-state index in [4.69, 9.17) is 0 Å². The van der Waals surface area contributed by atoms with Crippen LogP contribution in [0.3, 0.4) is 0 Å². The highest BCUT2D eigenvalue weighted by atomic mass is 16.2. The van der Waals surface area contributed by atoms with E-state index < -0.39 is 0 Å². The number of fused-ring (bicyclic) bond motifs is 1. The van der Waals surface area contributed by atoms with Gasteiger partial charge in [-0.2, -0.15) is 0 Å². The highest BCUT2D eigenvalue weighted by Crippen LogP contribution is 2.27. The van der Waals surface area contributed by atoms with Crippen LogP contribution in [0.15, 0.2) is 59.6 Å². The van der Waals surface area contributed by atoms with E-state index in [1.165, 1.54) is 11.1 Å². The van der Waals surface area contributed by atoms with Crippen molar-refractivity contribution in [2.75, 3.05) is 51.2 Å². The average molecular weight is 392 g/mol. The fourth-order valence-corrected chi connectivity index (χ4v) is 4.14. The van der Waals surface area contributed by atoms with Gasteiger partial charge in [0, 0.05) is 52.0 Å². The molecule has 0 bridgehead atoms. The standard InChI is InChI=1S/C23H29N5O/c1-24-23(25-17-22(29)28-12-11-20-9-5-6-10-21(20)28)27-15-13-26(14-16-27)18-19-7-3-2-4-8-19/h2-10H,11-18H2,1H3,(H,24,25). The molecule has 29 heavy (non-hydrogen) atoms. The highest BCUT2D eigenvalue weighted by Gasteiger charge is 2.25. The Morgan fingerprint density at radius 1 is 0.966 bits per heavy atom. The van der Waals surface area contributed by atoms with Crippen LogP contribution in [0.2, 0.25) is 0 Å². The van der Waals surface area contributed by atoms with E-state index in [2.05, 4.69) is 56.5 Å². The molecule has 2 aromatic rings. The Balaban J connectivity index is 1.27. The molecule has 2 aromatic carbocycles. The lowest BCUT2D eigenvalue weighted by atomic mass is 10.2. The Morgan fingerprint density at radius 2 is 1.69 bits per heavy atom. The molecule has 6 heteroatoms. The van der Waals surface area contributed by atoms with Gasteiger partial charge in [-0.3, -0.25) is 14.7 Å². The van der Waals surface area contributed by atoms with Gasteiger partial charge in [0.2, 0.25) is 5.91 Å². The van der Waals surface area contributed by atoms with Crippen LogP contribution in [0.1, 0.15) is 11.1 Å². The summed E-state index contributed by atoms with van der Waals surface area (Å²) >= 11 is 0. The molecular weight excluding hydrogens is 362 g/mol. The zero-order chi connectivity index (χ0) is 20.1. The van der Waals surface area contributed by atoms with Gasteiger partial charge < -0.3 is 15.1 Å². The van der Waals surface area contributed by atoms with Gasteiger partial charge in [-0.05, 0) is 23.6 Å². The first-order valence-electron chi connectivity index (χ1n) is 10.3. The van der Waals surface area contributed by atoms with Gasteiger partial charge in [0.1, 0.15) is 0 Å². The lowest BCUT2D eigenvalue weighted by molar-refractivity contribution is -0.117. The Hall–Kier alpha value is -2.86. The molecule has 1 saturated heterocycles. The van der Waals surface area contributed by atoms with Gasteiger partial charge in [-0.1, -0.05) is 48.5 Å². The lowest BCUT2D eigenvalue weighted by Gasteiger charge is -2.36. The largest absolute Gasteiger partial charge is 0.347 e. The minimum Gasteiger partial charge on any atom is -0.347 e. The lowest BCUT2D eigenvalue weighted by Crippen LogP contribution is -2.53. The molecule has 1 N–H and O–H groups in total. The molecule has 1 amide bonds. The summed E-state index contributed by atoms with van der Waals surface area (Å²) < 4.78 is 0. The zero-order valence-corrected chi connectivity index (χ0v) is 17.1. The van der Waals surface area contributed by atoms with Crippen molar-refractivity contribution in [1.82, 2.24) is 15.1 Å². The van der Waals surface area contributed by atoms with E-state index in [9.17, 15) is 4.79 Å². The van der Waals surface area contributed by atoms with Crippen LogP contribution in [0.4, 0.5) is 5.69 Å². The number of nitrogens with one attached hydrogen (secondary N) is 1. The molecule has 2 aliphatic rings. The molecule has 0 spiro atoms. The molecule has 0 aliphatic carbocycles. The number of carbonyl (C=O) groups is 1. The Bertz CT molecular complexity index is 859. The first-order valence-corrected chi connectivity index (χ1v) is 10.3. The van der Waals surface area contributed by atoms with E-state index >= 15 is 0 Å². The van der Waals surface area contributed by atoms with Crippen molar-refractivity contribution in [2.45, 2.75) is 13.0 Å². The third-order valence-corrected chi connectivity index (χ3v) is 5.72. The van der Waals surface area contributed by atoms with Crippen molar-refractivity contribution in [3.05, 3.63) is 65.7 Å². The molecule has 4 rings (SSSR count). The summed E-state index contributed by atoms with van der Waals surface area (Å²) in [6, 6.07) is 18.7. The molecule has 2 aliphatic heterocycles. The Morgan fingerprint density at radius 3 is 2.45 bits per heavy atom. The fourth-order valence-electron chi connectivity index (χ4n) is 4.14. The number of guanidine groups is 1. The van der Waals surface area contributed by atoms with E-state index in [0.717, 1.165) is 57.3 Å². The van der Waals surface area contributed by atoms with Crippen LogP contribution in [-0.4, -0.2) is 68.0 Å². The molecule has 2 heterocycles. The summed E-state index contributed by atoms with van der Waals surface area (Å²) in [5.74, 6) is 0.906. The quantitative estimate of drug-likeness (QED) is 0.640. The highest BCUT2D eigenvalue weighted by molar-refractivity contribution is 5.98. The number of rotatable bonds is 4. The SMILES string of the molecule is CN=C(NCC(=O)N1CCc2ccccc21)N1CCN(Cc2ccccc2)CC1. The smallest absolute Gasteiger partial charge is 0.246 e. The van der Waals surface area contributed by atoms with Crippen LogP contribution in [-0.2, 0) is 17.8 Å². The average Bonchev–Trinajstić information content (AvgIpc) is 3.20. The predicted octanol–water partition coefficient (Wildman–Crippen LogP) is 1.97. The Kier molecular flexibility index (Phi) is 6.10. The summed E-state index contributed by atoms with van der Waals surface area (Å²) in [5.41, 5.74) is 3.64. The maximum Gasteiger partial charge on any atom is 0.246 e. The van der Waals surface area contributed by atoms with Crippen LogP contribution >= 0.6 is 0 Å². The summed E-state index contributed by atoms with van der Waals surface area (Å²) in [5, 5.41) is 3.28.